The molecule has 0 heterocycles. The molecular formula is C28H45ClO. The minimum absolute atomic E-state index is 0. The van der Waals surface area contributed by atoms with E-state index in [4.69, 9.17) is 0 Å². The van der Waals surface area contributed by atoms with Crippen molar-refractivity contribution in [2.45, 2.75) is 92.1 Å². The normalized spacial score (nSPS) is 36.9. The highest BCUT2D eigenvalue weighted by Crippen LogP contribution is 2.59. The van der Waals surface area contributed by atoms with Crippen LogP contribution in [0.1, 0.15) is 86.0 Å². The Hall–Kier alpha value is -0.790. The number of halogens is 1. The number of aliphatic hydroxyl groups is 1. The third-order valence-corrected chi connectivity index (χ3v) is 8.63. The molecule has 3 fully saturated rings. The van der Waals surface area contributed by atoms with Crippen molar-refractivity contribution in [2.24, 2.45) is 35.0 Å². The molecule has 30 heavy (non-hydrogen) atoms. The van der Waals surface area contributed by atoms with Crippen LogP contribution in [0.2, 0.25) is 0 Å². The minimum atomic E-state index is -0.182. The molecule has 0 radical (unpaired) electrons. The van der Waals surface area contributed by atoms with E-state index in [1.165, 1.54) is 43.3 Å². The summed E-state index contributed by atoms with van der Waals surface area (Å²) in [7, 11) is 0. The molecule has 1 N–H and O–H groups in total. The van der Waals surface area contributed by atoms with E-state index in [1.54, 1.807) is 5.57 Å². The molecule has 170 valence electrons. The summed E-state index contributed by atoms with van der Waals surface area (Å²) in [4.78, 5) is 0. The second-order valence-electron chi connectivity index (χ2n) is 10.9. The zero-order chi connectivity index (χ0) is 21.2. The Bertz CT molecular complexity index is 685. The van der Waals surface area contributed by atoms with E-state index in [2.05, 4.69) is 65.5 Å². The van der Waals surface area contributed by atoms with Crippen molar-refractivity contribution < 1.29 is 5.11 Å². The molecule has 2 heteroatoms. The number of allylic oxidation sites excluding steroid dienone is 6. The number of rotatable bonds is 5. The summed E-state index contributed by atoms with van der Waals surface area (Å²) in [5.41, 5.74) is 4.61. The Morgan fingerprint density at radius 2 is 1.77 bits per heavy atom. The van der Waals surface area contributed by atoms with E-state index in [0.29, 0.717) is 17.3 Å². The number of aliphatic hydroxyl groups excluding tert-OH is 1. The Balaban J connectivity index is 0.00000320. The lowest BCUT2D eigenvalue weighted by Gasteiger charge is -2.44. The zero-order valence-corrected chi connectivity index (χ0v) is 20.8. The van der Waals surface area contributed by atoms with Gasteiger partial charge in [-0.05, 0) is 91.9 Å². The molecule has 0 spiro atoms. The Kier molecular flexibility index (Phi) is 9.07. The van der Waals surface area contributed by atoms with E-state index in [0.717, 1.165) is 37.0 Å². The van der Waals surface area contributed by atoms with Crippen molar-refractivity contribution >= 4 is 12.4 Å². The van der Waals surface area contributed by atoms with Crippen molar-refractivity contribution in [3.05, 3.63) is 47.6 Å². The summed E-state index contributed by atoms with van der Waals surface area (Å²) in [6.07, 6.45) is 18.8. The standard InChI is InChI=1S/C28H44O.ClH/c1-19(2)20(3)9-10-22(5)26-15-16-27-23(8-7-17-28(26,27)6)12-13-24-18-25(29)14-11-21(24)4;/h9-10,12-13,19-20,22,25-27,29H,4,7-8,11,14-18H2,1-3,5-6H3;1H/t20-,22+,25-,26+,27-,28+;/m0./s1. The maximum absolute atomic E-state index is 10.0. The van der Waals surface area contributed by atoms with Crippen LogP contribution in [0.5, 0.6) is 0 Å². The van der Waals surface area contributed by atoms with Crippen molar-refractivity contribution in [1.29, 1.82) is 0 Å². The van der Waals surface area contributed by atoms with Gasteiger partial charge in [0, 0.05) is 0 Å². The zero-order valence-electron chi connectivity index (χ0n) is 20.0. The van der Waals surface area contributed by atoms with E-state index < -0.39 is 0 Å². The summed E-state index contributed by atoms with van der Waals surface area (Å²) < 4.78 is 0. The van der Waals surface area contributed by atoms with Gasteiger partial charge in [-0.1, -0.05) is 76.6 Å². The predicted molar refractivity (Wildman–Crippen MR) is 133 cm³/mol. The number of fused-ring (bicyclic) bond motifs is 1. The van der Waals surface area contributed by atoms with Gasteiger partial charge in [-0.2, -0.15) is 0 Å². The molecule has 6 atom stereocenters. The lowest BCUT2D eigenvalue weighted by Crippen LogP contribution is -2.35. The van der Waals surface area contributed by atoms with Crippen LogP contribution in [0.15, 0.2) is 47.6 Å². The average Bonchev–Trinajstić information content (AvgIpc) is 3.04. The fourth-order valence-electron chi connectivity index (χ4n) is 6.25. The molecule has 0 bridgehead atoms. The molecule has 3 rings (SSSR count). The predicted octanol–water partition coefficient (Wildman–Crippen LogP) is 8.06. The van der Waals surface area contributed by atoms with Crippen LogP contribution < -0.4 is 0 Å². The largest absolute Gasteiger partial charge is 0.393 e. The molecule has 0 aliphatic heterocycles. The second-order valence-corrected chi connectivity index (χ2v) is 10.9. The van der Waals surface area contributed by atoms with Crippen molar-refractivity contribution in [3.63, 3.8) is 0 Å². The summed E-state index contributed by atoms with van der Waals surface area (Å²) in [5, 5.41) is 10.0. The van der Waals surface area contributed by atoms with Crippen molar-refractivity contribution in [3.8, 4) is 0 Å². The summed E-state index contributed by atoms with van der Waals surface area (Å²) in [6, 6.07) is 0. The van der Waals surface area contributed by atoms with Crippen LogP contribution in [0.3, 0.4) is 0 Å². The Morgan fingerprint density at radius 3 is 2.47 bits per heavy atom. The Morgan fingerprint density at radius 1 is 1.03 bits per heavy atom. The Labute approximate surface area is 192 Å². The molecule has 3 aliphatic carbocycles. The van der Waals surface area contributed by atoms with E-state index >= 15 is 0 Å². The topological polar surface area (TPSA) is 20.2 Å². The smallest absolute Gasteiger partial charge is 0.0583 e. The van der Waals surface area contributed by atoms with Gasteiger partial charge in [0.05, 0.1) is 6.10 Å². The highest BCUT2D eigenvalue weighted by Gasteiger charge is 2.50. The van der Waals surface area contributed by atoms with Gasteiger partial charge < -0.3 is 5.11 Å². The van der Waals surface area contributed by atoms with Gasteiger partial charge in [0.15, 0.2) is 0 Å². The fourth-order valence-corrected chi connectivity index (χ4v) is 6.25. The monoisotopic (exact) mass is 432 g/mol. The first-order chi connectivity index (χ1) is 13.7. The molecule has 0 amide bonds. The van der Waals surface area contributed by atoms with Crippen LogP contribution in [0, 0.1) is 35.0 Å². The van der Waals surface area contributed by atoms with Crippen LogP contribution in [-0.2, 0) is 0 Å². The van der Waals surface area contributed by atoms with Crippen molar-refractivity contribution in [2.75, 3.05) is 0 Å². The quantitative estimate of drug-likeness (QED) is 0.435. The van der Waals surface area contributed by atoms with Crippen LogP contribution in [-0.4, -0.2) is 11.2 Å². The fraction of sp³-hybridized carbons (Fsp3) is 0.714. The third-order valence-electron chi connectivity index (χ3n) is 8.63. The minimum Gasteiger partial charge on any atom is -0.393 e. The average molecular weight is 433 g/mol. The summed E-state index contributed by atoms with van der Waals surface area (Å²) in [6.45, 7) is 16.3. The number of hydrogen-bond donors (Lipinski definition) is 1. The maximum Gasteiger partial charge on any atom is 0.0583 e. The van der Waals surface area contributed by atoms with E-state index in [1.807, 2.05) is 0 Å². The first-order valence-corrected chi connectivity index (χ1v) is 12.2. The lowest BCUT2D eigenvalue weighted by molar-refractivity contribution is 0.112. The highest BCUT2D eigenvalue weighted by atomic mass is 35.5. The molecule has 0 aromatic carbocycles. The first kappa shape index (κ1) is 25.5. The second kappa shape index (κ2) is 10.7. The third kappa shape index (κ3) is 5.52. The first-order valence-electron chi connectivity index (χ1n) is 12.2. The lowest BCUT2D eigenvalue weighted by atomic mass is 9.61. The van der Waals surface area contributed by atoms with Crippen LogP contribution in [0.4, 0.5) is 0 Å². The van der Waals surface area contributed by atoms with Gasteiger partial charge in [-0.3, -0.25) is 0 Å². The maximum atomic E-state index is 10.0. The summed E-state index contributed by atoms with van der Waals surface area (Å²) >= 11 is 0. The van der Waals surface area contributed by atoms with Crippen LogP contribution in [0.25, 0.3) is 0 Å². The van der Waals surface area contributed by atoms with E-state index in [-0.39, 0.29) is 18.5 Å². The molecule has 3 saturated carbocycles. The molecular weight excluding hydrogens is 388 g/mol. The SMILES string of the molecule is C=C1CC[C@H](O)CC1=CC=C1CCC[C@]2(C)[C@@H]([C@H](C)C=C[C@H](C)C(C)C)CC[C@@H]12.Cl. The van der Waals surface area contributed by atoms with E-state index in [9.17, 15) is 5.11 Å². The van der Waals surface area contributed by atoms with Gasteiger partial charge >= 0.3 is 0 Å². The molecule has 0 saturated heterocycles. The van der Waals surface area contributed by atoms with Crippen molar-refractivity contribution in [1.82, 2.24) is 0 Å². The van der Waals surface area contributed by atoms with Crippen LogP contribution >= 0.6 is 12.4 Å². The van der Waals surface area contributed by atoms with Gasteiger partial charge in [0.1, 0.15) is 0 Å². The summed E-state index contributed by atoms with van der Waals surface area (Å²) in [5.74, 6) is 3.58. The number of hydrogen-bond acceptors (Lipinski definition) is 1. The van der Waals surface area contributed by atoms with Gasteiger partial charge in [0.25, 0.3) is 0 Å². The molecule has 0 aromatic heterocycles. The highest BCUT2D eigenvalue weighted by molar-refractivity contribution is 5.85. The molecule has 0 unspecified atom stereocenters. The van der Waals surface area contributed by atoms with Gasteiger partial charge in [0.2, 0.25) is 0 Å². The molecule has 1 nitrogen and oxygen atoms in total. The van der Waals surface area contributed by atoms with Gasteiger partial charge in [-0.25, -0.2) is 0 Å². The molecule has 0 aromatic rings. The molecule has 3 aliphatic rings. The van der Waals surface area contributed by atoms with Gasteiger partial charge in [-0.15, -0.1) is 12.4 Å².